The fraction of sp³-hybridized carbons (Fsp3) is 0.500. The first-order valence-corrected chi connectivity index (χ1v) is 8.68. The highest BCUT2D eigenvalue weighted by Gasteiger charge is 2.18. The number of ether oxygens (including phenoxy) is 1. The van der Waals surface area contributed by atoms with E-state index in [0.717, 1.165) is 4.90 Å². The van der Waals surface area contributed by atoms with E-state index in [1.165, 1.54) is 7.11 Å². The van der Waals surface area contributed by atoms with Gasteiger partial charge in [-0.05, 0) is 32.9 Å². The van der Waals surface area contributed by atoms with Crippen LogP contribution >= 0.6 is 0 Å². The van der Waals surface area contributed by atoms with E-state index < -0.39 is 0 Å². The molecule has 0 saturated carbocycles. The molecule has 1 unspecified atom stereocenters. The van der Waals surface area contributed by atoms with E-state index >= 15 is 0 Å². The predicted octanol–water partition coefficient (Wildman–Crippen LogP) is -0.821. The Hall–Kier alpha value is -2.61. The molecule has 26 heavy (non-hydrogen) atoms. The lowest BCUT2D eigenvalue weighted by Gasteiger charge is -2.17. The van der Waals surface area contributed by atoms with E-state index in [-0.39, 0.29) is 43.4 Å². The van der Waals surface area contributed by atoms with Crippen LogP contribution in [0.25, 0.3) is 0 Å². The fourth-order valence-corrected chi connectivity index (χ4v) is 2.32. The summed E-state index contributed by atoms with van der Waals surface area (Å²) >= 11 is 0. The molecule has 0 fully saturated rings. The zero-order chi connectivity index (χ0) is 19.5. The lowest BCUT2D eigenvalue weighted by Crippen LogP contribution is -3.14. The second kappa shape index (κ2) is 11.1. The minimum Gasteiger partial charge on any atom is -0.495 e. The molecule has 0 aliphatic carbocycles. The Morgan fingerprint density at radius 3 is 2.35 bits per heavy atom. The number of methoxy groups -OCH3 is 1. The first-order valence-electron chi connectivity index (χ1n) is 8.68. The van der Waals surface area contributed by atoms with E-state index in [0.29, 0.717) is 18.0 Å². The monoisotopic (exact) mass is 365 g/mol. The third kappa shape index (κ3) is 7.98. The molecule has 3 amide bonds. The lowest BCUT2D eigenvalue weighted by molar-refractivity contribution is -0.881. The highest BCUT2D eigenvalue weighted by Crippen LogP contribution is 2.22. The molecule has 0 spiro atoms. The van der Waals surface area contributed by atoms with Gasteiger partial charge in [0.2, 0.25) is 5.91 Å². The van der Waals surface area contributed by atoms with Gasteiger partial charge < -0.3 is 25.6 Å². The Morgan fingerprint density at radius 1 is 1.08 bits per heavy atom. The molecule has 0 heterocycles. The van der Waals surface area contributed by atoms with Gasteiger partial charge in [0.25, 0.3) is 11.8 Å². The maximum Gasteiger partial charge on any atom is 0.279 e. The minimum absolute atomic E-state index is 0.0239. The first-order chi connectivity index (χ1) is 12.3. The van der Waals surface area contributed by atoms with Gasteiger partial charge in [0.1, 0.15) is 5.75 Å². The van der Waals surface area contributed by atoms with Crippen LogP contribution in [0.15, 0.2) is 24.3 Å². The Kier molecular flexibility index (Phi) is 9.14. The van der Waals surface area contributed by atoms with Crippen molar-refractivity contribution in [1.29, 1.82) is 0 Å². The standard InChI is InChI=1S/C18H28N4O4/c1-5-22(11-17(24)19-10-16(23)20-13(2)3)12-18(25)21-14-8-6-7-9-15(14)26-4/h6-9,13H,5,10-12H2,1-4H3,(H,19,24)(H,20,23)(H,21,25)/p+1. The topological polar surface area (TPSA) is 101 Å². The van der Waals surface area contributed by atoms with Crippen LogP contribution in [-0.2, 0) is 14.4 Å². The summed E-state index contributed by atoms with van der Waals surface area (Å²) in [6.07, 6.45) is 0. The summed E-state index contributed by atoms with van der Waals surface area (Å²) < 4.78 is 5.20. The second-order valence-corrected chi connectivity index (χ2v) is 6.20. The molecular weight excluding hydrogens is 336 g/mol. The molecule has 1 atom stereocenters. The number of hydrogen-bond donors (Lipinski definition) is 4. The average Bonchev–Trinajstić information content (AvgIpc) is 2.59. The maximum absolute atomic E-state index is 12.2. The maximum atomic E-state index is 12.2. The molecule has 0 aromatic heterocycles. The number of likely N-dealkylation sites (N-methyl/N-ethyl adjacent to an activating group) is 1. The van der Waals surface area contributed by atoms with Crippen LogP contribution in [0.1, 0.15) is 20.8 Å². The van der Waals surface area contributed by atoms with E-state index in [9.17, 15) is 14.4 Å². The van der Waals surface area contributed by atoms with Crippen molar-refractivity contribution in [1.82, 2.24) is 10.6 Å². The number of hydrogen-bond acceptors (Lipinski definition) is 4. The highest BCUT2D eigenvalue weighted by atomic mass is 16.5. The van der Waals surface area contributed by atoms with Crippen molar-refractivity contribution in [3.8, 4) is 5.75 Å². The number of amides is 3. The predicted molar refractivity (Wildman–Crippen MR) is 99.1 cm³/mol. The van der Waals surface area contributed by atoms with E-state index in [1.807, 2.05) is 26.8 Å². The van der Waals surface area contributed by atoms with E-state index in [2.05, 4.69) is 16.0 Å². The largest absolute Gasteiger partial charge is 0.495 e. The van der Waals surface area contributed by atoms with Crippen LogP contribution in [-0.4, -0.2) is 57.1 Å². The summed E-state index contributed by atoms with van der Waals surface area (Å²) in [6.45, 7) is 6.38. The van der Waals surface area contributed by atoms with Gasteiger partial charge in [-0.1, -0.05) is 12.1 Å². The van der Waals surface area contributed by atoms with Crippen LogP contribution in [0.4, 0.5) is 5.69 Å². The van der Waals surface area contributed by atoms with Gasteiger partial charge in [-0.15, -0.1) is 0 Å². The van der Waals surface area contributed by atoms with E-state index in [1.54, 1.807) is 18.2 Å². The van der Waals surface area contributed by atoms with Crippen molar-refractivity contribution < 1.29 is 24.0 Å². The van der Waals surface area contributed by atoms with Crippen LogP contribution in [0.5, 0.6) is 5.75 Å². The Bertz CT molecular complexity index is 619. The number of para-hydroxylation sites is 2. The van der Waals surface area contributed by atoms with Crippen LogP contribution < -0.4 is 25.6 Å². The quantitative estimate of drug-likeness (QED) is 0.435. The molecule has 144 valence electrons. The first kappa shape index (κ1) is 21.4. The van der Waals surface area contributed by atoms with Crippen molar-refractivity contribution in [2.45, 2.75) is 26.8 Å². The average molecular weight is 365 g/mol. The van der Waals surface area contributed by atoms with Gasteiger partial charge in [0.05, 0.1) is 25.9 Å². The number of benzene rings is 1. The SMILES string of the molecule is CC[NH+](CC(=O)NCC(=O)NC(C)C)CC(=O)Nc1ccccc1OC. The Balaban J connectivity index is 2.46. The summed E-state index contributed by atoms with van der Waals surface area (Å²) in [4.78, 5) is 36.6. The van der Waals surface area contributed by atoms with Gasteiger partial charge in [-0.25, -0.2) is 0 Å². The summed E-state index contributed by atoms with van der Waals surface area (Å²) in [5, 5.41) is 8.06. The lowest BCUT2D eigenvalue weighted by atomic mass is 10.3. The summed E-state index contributed by atoms with van der Waals surface area (Å²) in [7, 11) is 1.54. The summed E-state index contributed by atoms with van der Waals surface area (Å²) in [5.41, 5.74) is 0.588. The third-order valence-electron chi connectivity index (χ3n) is 3.60. The Labute approximate surface area is 154 Å². The van der Waals surface area contributed by atoms with Crippen molar-refractivity contribution in [3.05, 3.63) is 24.3 Å². The summed E-state index contributed by atoms with van der Waals surface area (Å²) in [6, 6.07) is 7.16. The van der Waals surface area contributed by atoms with Gasteiger partial charge in [-0.2, -0.15) is 0 Å². The molecule has 0 bridgehead atoms. The zero-order valence-corrected chi connectivity index (χ0v) is 15.8. The smallest absolute Gasteiger partial charge is 0.279 e. The summed E-state index contributed by atoms with van der Waals surface area (Å²) in [5.74, 6) is -0.143. The normalized spacial score (nSPS) is 11.6. The van der Waals surface area contributed by atoms with Crippen molar-refractivity contribution in [3.63, 3.8) is 0 Å². The molecule has 1 rings (SSSR count). The van der Waals surface area contributed by atoms with Crippen molar-refractivity contribution in [2.75, 3.05) is 38.6 Å². The van der Waals surface area contributed by atoms with E-state index in [4.69, 9.17) is 4.74 Å². The number of carbonyl (C=O) groups excluding carboxylic acids is 3. The minimum atomic E-state index is -0.272. The number of carbonyl (C=O) groups is 3. The number of quaternary nitrogens is 1. The molecule has 8 heteroatoms. The second-order valence-electron chi connectivity index (χ2n) is 6.20. The number of nitrogens with one attached hydrogen (secondary N) is 4. The van der Waals surface area contributed by atoms with Crippen LogP contribution in [0, 0.1) is 0 Å². The van der Waals surface area contributed by atoms with Gasteiger partial charge >= 0.3 is 0 Å². The molecule has 0 radical (unpaired) electrons. The molecule has 4 N–H and O–H groups in total. The molecule has 0 aliphatic heterocycles. The van der Waals surface area contributed by atoms with Crippen LogP contribution in [0.3, 0.4) is 0 Å². The fourth-order valence-electron chi connectivity index (χ4n) is 2.32. The zero-order valence-electron chi connectivity index (χ0n) is 15.8. The number of rotatable bonds is 10. The molecule has 8 nitrogen and oxygen atoms in total. The molecule has 0 saturated heterocycles. The van der Waals surface area contributed by atoms with Crippen molar-refractivity contribution in [2.24, 2.45) is 0 Å². The van der Waals surface area contributed by atoms with Gasteiger partial charge in [-0.3, -0.25) is 14.4 Å². The number of anilines is 1. The third-order valence-corrected chi connectivity index (χ3v) is 3.60. The van der Waals surface area contributed by atoms with Gasteiger partial charge in [0, 0.05) is 6.04 Å². The molecule has 1 aromatic carbocycles. The van der Waals surface area contributed by atoms with Crippen LogP contribution in [0.2, 0.25) is 0 Å². The van der Waals surface area contributed by atoms with Gasteiger partial charge in [0.15, 0.2) is 13.1 Å². The van der Waals surface area contributed by atoms with Crippen molar-refractivity contribution >= 4 is 23.4 Å². The molecular formula is C18H29N4O4+. The molecule has 1 aromatic rings. The highest BCUT2D eigenvalue weighted by molar-refractivity contribution is 5.93. The Morgan fingerprint density at radius 2 is 1.73 bits per heavy atom. The molecule has 0 aliphatic rings.